The van der Waals surface area contributed by atoms with Crippen LogP contribution in [0.4, 0.5) is 10.5 Å². The molecular formula is C23H31N3OS. The van der Waals surface area contributed by atoms with Crippen LogP contribution in [0.25, 0.3) is 0 Å². The zero-order valence-electron chi connectivity index (χ0n) is 16.9. The maximum Gasteiger partial charge on any atom is 0.322 e. The Morgan fingerprint density at radius 1 is 1.14 bits per heavy atom. The van der Waals surface area contributed by atoms with Gasteiger partial charge in [-0.15, -0.1) is 0 Å². The Labute approximate surface area is 173 Å². The zero-order chi connectivity index (χ0) is 19.8. The van der Waals surface area contributed by atoms with Gasteiger partial charge in [0, 0.05) is 37.9 Å². The standard InChI is InChI=1S/C23H31N3OS/c1-3-26(22-13-15-25(18-22)17-20-7-5-4-6-8-20)23(27)24-21-11-9-19(10-12-21)14-16-28-2/h4-12,22H,3,13-18H2,1-2H3,(H,24,27)/t22-/m1/s1. The lowest BCUT2D eigenvalue weighted by molar-refractivity contribution is 0.189. The molecule has 1 atom stereocenters. The van der Waals surface area contributed by atoms with E-state index in [-0.39, 0.29) is 12.1 Å². The molecule has 0 unspecified atom stereocenters. The summed E-state index contributed by atoms with van der Waals surface area (Å²) in [7, 11) is 0. The van der Waals surface area contributed by atoms with Crippen LogP contribution in [0.3, 0.4) is 0 Å². The van der Waals surface area contributed by atoms with E-state index in [0.717, 1.165) is 50.5 Å². The predicted molar refractivity (Wildman–Crippen MR) is 120 cm³/mol. The fourth-order valence-corrected chi connectivity index (χ4v) is 4.23. The van der Waals surface area contributed by atoms with E-state index in [0.29, 0.717) is 0 Å². The van der Waals surface area contributed by atoms with E-state index in [1.165, 1.54) is 11.1 Å². The van der Waals surface area contributed by atoms with Gasteiger partial charge in [0.25, 0.3) is 0 Å². The number of nitrogens with zero attached hydrogens (tertiary/aromatic N) is 2. The van der Waals surface area contributed by atoms with Gasteiger partial charge in [-0.3, -0.25) is 4.90 Å². The Morgan fingerprint density at radius 2 is 1.89 bits per heavy atom. The van der Waals surface area contributed by atoms with Crippen molar-refractivity contribution in [2.45, 2.75) is 32.4 Å². The Bertz CT molecular complexity index is 735. The SMILES string of the molecule is CCN(C(=O)Nc1ccc(CCSC)cc1)[C@@H]1CCN(Cc2ccccc2)C1. The van der Waals surface area contributed by atoms with E-state index >= 15 is 0 Å². The van der Waals surface area contributed by atoms with E-state index in [2.05, 4.69) is 65.9 Å². The van der Waals surface area contributed by atoms with Crippen molar-refractivity contribution in [2.75, 3.05) is 37.0 Å². The van der Waals surface area contributed by atoms with Crippen LogP contribution in [0.15, 0.2) is 54.6 Å². The summed E-state index contributed by atoms with van der Waals surface area (Å²) in [4.78, 5) is 17.3. The highest BCUT2D eigenvalue weighted by Gasteiger charge is 2.29. The third-order valence-corrected chi connectivity index (χ3v) is 5.95. The van der Waals surface area contributed by atoms with Crippen LogP contribution in [0.2, 0.25) is 0 Å². The molecule has 150 valence electrons. The summed E-state index contributed by atoms with van der Waals surface area (Å²) in [5, 5.41) is 3.08. The lowest BCUT2D eigenvalue weighted by atomic mass is 10.1. The second kappa shape index (κ2) is 10.5. The first kappa shape index (κ1) is 20.7. The number of urea groups is 1. The number of carbonyl (C=O) groups is 1. The Balaban J connectivity index is 1.53. The number of benzene rings is 2. The minimum Gasteiger partial charge on any atom is -0.320 e. The lowest BCUT2D eigenvalue weighted by Crippen LogP contribution is -2.44. The largest absolute Gasteiger partial charge is 0.322 e. The summed E-state index contributed by atoms with van der Waals surface area (Å²) >= 11 is 1.85. The van der Waals surface area contributed by atoms with E-state index in [1.807, 2.05) is 28.8 Å². The van der Waals surface area contributed by atoms with Gasteiger partial charge in [0.1, 0.15) is 0 Å². The molecular weight excluding hydrogens is 366 g/mol. The quantitative estimate of drug-likeness (QED) is 0.700. The minimum atomic E-state index is 0.00549. The normalized spacial score (nSPS) is 16.9. The molecule has 1 N–H and O–H groups in total. The number of hydrogen-bond donors (Lipinski definition) is 1. The Hall–Kier alpha value is -1.98. The average molecular weight is 398 g/mol. The number of nitrogens with one attached hydrogen (secondary N) is 1. The summed E-state index contributed by atoms with van der Waals surface area (Å²) in [5.41, 5.74) is 3.51. The number of hydrogen-bond acceptors (Lipinski definition) is 3. The van der Waals surface area contributed by atoms with Gasteiger partial charge >= 0.3 is 6.03 Å². The van der Waals surface area contributed by atoms with Gasteiger partial charge in [0.15, 0.2) is 0 Å². The molecule has 0 aliphatic carbocycles. The molecule has 0 bridgehead atoms. The van der Waals surface area contributed by atoms with Crippen molar-refractivity contribution in [2.24, 2.45) is 0 Å². The summed E-state index contributed by atoms with van der Waals surface area (Å²) in [6, 6.07) is 19.1. The van der Waals surface area contributed by atoms with E-state index < -0.39 is 0 Å². The van der Waals surface area contributed by atoms with Crippen LogP contribution in [0.1, 0.15) is 24.5 Å². The van der Waals surface area contributed by atoms with Crippen molar-refractivity contribution in [3.8, 4) is 0 Å². The molecule has 28 heavy (non-hydrogen) atoms. The van der Waals surface area contributed by atoms with Crippen LogP contribution < -0.4 is 5.32 Å². The number of rotatable bonds is 8. The molecule has 2 aromatic carbocycles. The highest BCUT2D eigenvalue weighted by Crippen LogP contribution is 2.20. The Kier molecular flexibility index (Phi) is 7.80. The van der Waals surface area contributed by atoms with Gasteiger partial charge in [-0.25, -0.2) is 4.79 Å². The number of carbonyl (C=O) groups excluding carboxylic acids is 1. The third-order valence-electron chi connectivity index (χ3n) is 5.34. The topological polar surface area (TPSA) is 35.6 Å². The highest BCUT2D eigenvalue weighted by atomic mass is 32.2. The average Bonchev–Trinajstić information content (AvgIpc) is 3.17. The van der Waals surface area contributed by atoms with Crippen LogP contribution in [0, 0.1) is 0 Å². The van der Waals surface area contributed by atoms with Gasteiger partial charge in [-0.1, -0.05) is 42.5 Å². The van der Waals surface area contributed by atoms with Crippen molar-refractivity contribution in [1.29, 1.82) is 0 Å². The number of likely N-dealkylation sites (tertiary alicyclic amines) is 1. The van der Waals surface area contributed by atoms with Crippen molar-refractivity contribution in [3.63, 3.8) is 0 Å². The lowest BCUT2D eigenvalue weighted by Gasteiger charge is -2.28. The van der Waals surface area contributed by atoms with Gasteiger partial charge in [-0.05, 0) is 55.0 Å². The molecule has 1 fully saturated rings. The molecule has 2 aromatic rings. The van der Waals surface area contributed by atoms with Crippen molar-refractivity contribution >= 4 is 23.5 Å². The predicted octanol–water partition coefficient (Wildman–Crippen LogP) is 4.72. The van der Waals surface area contributed by atoms with Gasteiger partial charge in [-0.2, -0.15) is 11.8 Å². The third kappa shape index (κ3) is 5.76. The maximum atomic E-state index is 12.8. The second-order valence-electron chi connectivity index (χ2n) is 7.32. The first-order valence-corrected chi connectivity index (χ1v) is 11.5. The second-order valence-corrected chi connectivity index (χ2v) is 8.30. The van der Waals surface area contributed by atoms with Crippen molar-refractivity contribution < 1.29 is 4.79 Å². The summed E-state index contributed by atoms with van der Waals surface area (Å²) in [6.07, 6.45) is 4.22. The molecule has 0 aromatic heterocycles. The molecule has 2 amide bonds. The summed E-state index contributed by atoms with van der Waals surface area (Å²) in [5.74, 6) is 1.12. The van der Waals surface area contributed by atoms with Crippen molar-refractivity contribution in [1.82, 2.24) is 9.80 Å². The van der Waals surface area contributed by atoms with Crippen LogP contribution >= 0.6 is 11.8 Å². The molecule has 4 nitrogen and oxygen atoms in total. The van der Waals surface area contributed by atoms with Crippen molar-refractivity contribution in [3.05, 3.63) is 65.7 Å². The highest BCUT2D eigenvalue weighted by molar-refractivity contribution is 7.98. The zero-order valence-corrected chi connectivity index (χ0v) is 17.8. The molecule has 1 saturated heterocycles. The smallest absolute Gasteiger partial charge is 0.320 e. The molecule has 5 heteroatoms. The Morgan fingerprint density at radius 3 is 2.57 bits per heavy atom. The van der Waals surface area contributed by atoms with Crippen LogP contribution in [0.5, 0.6) is 0 Å². The number of aryl methyl sites for hydroxylation is 1. The fourth-order valence-electron chi connectivity index (χ4n) is 3.79. The van der Waals surface area contributed by atoms with Gasteiger partial charge in [0.2, 0.25) is 0 Å². The number of amides is 2. The molecule has 0 saturated carbocycles. The van der Waals surface area contributed by atoms with E-state index in [4.69, 9.17) is 0 Å². The van der Waals surface area contributed by atoms with Crippen LogP contribution in [-0.2, 0) is 13.0 Å². The molecule has 1 aliphatic heterocycles. The number of likely N-dealkylation sites (N-methyl/N-ethyl adjacent to an activating group) is 1. The van der Waals surface area contributed by atoms with Gasteiger partial charge < -0.3 is 10.2 Å². The van der Waals surface area contributed by atoms with E-state index in [9.17, 15) is 4.79 Å². The number of thioether (sulfide) groups is 1. The molecule has 1 heterocycles. The number of anilines is 1. The minimum absolute atomic E-state index is 0.00549. The summed E-state index contributed by atoms with van der Waals surface area (Å²) in [6.45, 7) is 5.71. The first-order valence-electron chi connectivity index (χ1n) is 10.1. The van der Waals surface area contributed by atoms with E-state index in [1.54, 1.807) is 0 Å². The van der Waals surface area contributed by atoms with Gasteiger partial charge in [0.05, 0.1) is 0 Å². The monoisotopic (exact) mass is 397 g/mol. The molecule has 0 spiro atoms. The molecule has 0 radical (unpaired) electrons. The summed E-state index contributed by atoms with van der Waals surface area (Å²) < 4.78 is 0. The maximum absolute atomic E-state index is 12.8. The molecule has 3 rings (SSSR count). The first-order chi connectivity index (χ1) is 13.7. The van der Waals surface area contributed by atoms with Crippen LogP contribution in [-0.4, -0.2) is 53.5 Å². The molecule has 1 aliphatic rings. The fraction of sp³-hybridized carbons (Fsp3) is 0.435.